The summed E-state index contributed by atoms with van der Waals surface area (Å²) in [4.78, 5) is 22.6. The highest BCUT2D eigenvalue weighted by atomic mass is 16.5. The van der Waals surface area contributed by atoms with Crippen molar-refractivity contribution in [3.05, 3.63) is 0 Å². The van der Waals surface area contributed by atoms with Crippen LogP contribution in [-0.4, -0.2) is 38.4 Å². The van der Waals surface area contributed by atoms with Crippen molar-refractivity contribution in [2.75, 3.05) is 26.8 Å². The molecule has 1 aliphatic heterocycles. The third kappa shape index (κ3) is 2.90. The van der Waals surface area contributed by atoms with Gasteiger partial charge in [0.2, 0.25) is 11.6 Å². The number of rotatable bonds is 4. The molecule has 0 aromatic heterocycles. The third-order valence-corrected chi connectivity index (χ3v) is 2.26. The van der Waals surface area contributed by atoms with Gasteiger partial charge in [0.25, 0.3) is 0 Å². The Morgan fingerprint density at radius 1 is 1.38 bits per heavy atom. The average Bonchev–Trinajstić information content (AvgIpc) is 2.18. The lowest BCUT2D eigenvalue weighted by Gasteiger charge is -2.20. The van der Waals surface area contributed by atoms with E-state index in [1.165, 1.54) is 7.11 Å². The Balaban J connectivity index is 2.40. The predicted octanol–water partition coefficient (Wildman–Crippen LogP) is -0.229. The summed E-state index contributed by atoms with van der Waals surface area (Å²) < 4.78 is 4.63. The summed E-state index contributed by atoms with van der Waals surface area (Å²) in [5.41, 5.74) is 0. The lowest BCUT2D eigenvalue weighted by Crippen LogP contribution is -2.36. The minimum atomic E-state index is -0.394. The average molecular weight is 185 g/mol. The van der Waals surface area contributed by atoms with E-state index in [2.05, 4.69) is 10.1 Å². The molecular weight excluding hydrogens is 170 g/mol. The van der Waals surface area contributed by atoms with Crippen molar-refractivity contribution >= 4 is 11.6 Å². The van der Waals surface area contributed by atoms with Crippen LogP contribution in [0.1, 0.15) is 12.8 Å². The van der Waals surface area contributed by atoms with Gasteiger partial charge in [0.05, 0.1) is 0 Å². The fourth-order valence-corrected chi connectivity index (χ4v) is 1.51. The highest BCUT2D eigenvalue weighted by Gasteiger charge is 2.25. The smallest absolute Gasteiger partial charge is 0.224 e. The SMILES string of the molecule is COCC(=O)C(=O)C1CCNCC1. The van der Waals surface area contributed by atoms with Crippen LogP contribution in [0.3, 0.4) is 0 Å². The topological polar surface area (TPSA) is 55.4 Å². The molecule has 4 nitrogen and oxygen atoms in total. The van der Waals surface area contributed by atoms with Crippen molar-refractivity contribution in [2.45, 2.75) is 12.8 Å². The van der Waals surface area contributed by atoms with Gasteiger partial charge in [-0.15, -0.1) is 0 Å². The van der Waals surface area contributed by atoms with Crippen molar-refractivity contribution in [1.29, 1.82) is 0 Å². The van der Waals surface area contributed by atoms with Crippen LogP contribution in [0.25, 0.3) is 0 Å². The molecule has 0 bridgehead atoms. The zero-order valence-electron chi connectivity index (χ0n) is 7.84. The number of Topliss-reactive ketones (excluding diaryl/α,β-unsaturated/α-hetero) is 2. The Hall–Kier alpha value is -0.740. The molecule has 1 rings (SSSR count). The van der Waals surface area contributed by atoms with Gasteiger partial charge in [-0.25, -0.2) is 0 Å². The quantitative estimate of drug-likeness (QED) is 0.615. The molecule has 4 heteroatoms. The van der Waals surface area contributed by atoms with Gasteiger partial charge in [-0.1, -0.05) is 0 Å². The van der Waals surface area contributed by atoms with Gasteiger partial charge in [-0.2, -0.15) is 0 Å². The van der Waals surface area contributed by atoms with E-state index in [-0.39, 0.29) is 18.3 Å². The fraction of sp³-hybridized carbons (Fsp3) is 0.778. The third-order valence-electron chi connectivity index (χ3n) is 2.26. The summed E-state index contributed by atoms with van der Waals surface area (Å²) in [6.45, 7) is 1.58. The molecule has 13 heavy (non-hydrogen) atoms. The first-order chi connectivity index (χ1) is 6.25. The summed E-state index contributed by atoms with van der Waals surface area (Å²) in [5.74, 6) is -0.735. The number of carbonyl (C=O) groups is 2. The maximum Gasteiger partial charge on any atom is 0.224 e. The van der Waals surface area contributed by atoms with Crippen molar-refractivity contribution in [2.24, 2.45) is 5.92 Å². The van der Waals surface area contributed by atoms with E-state index in [4.69, 9.17) is 0 Å². The van der Waals surface area contributed by atoms with Crippen LogP contribution in [0, 0.1) is 5.92 Å². The monoisotopic (exact) mass is 185 g/mol. The summed E-state index contributed by atoms with van der Waals surface area (Å²) in [6.07, 6.45) is 1.54. The lowest BCUT2D eigenvalue weighted by molar-refractivity contribution is -0.141. The Morgan fingerprint density at radius 2 is 2.00 bits per heavy atom. The first kappa shape index (κ1) is 10.3. The number of nitrogens with one attached hydrogen (secondary N) is 1. The van der Waals surface area contributed by atoms with Gasteiger partial charge < -0.3 is 10.1 Å². The number of ether oxygens (including phenoxy) is 1. The number of carbonyl (C=O) groups excluding carboxylic acids is 2. The van der Waals surface area contributed by atoms with Gasteiger partial charge in [-0.05, 0) is 25.9 Å². The van der Waals surface area contributed by atoms with Crippen LogP contribution in [0.2, 0.25) is 0 Å². The Morgan fingerprint density at radius 3 is 2.54 bits per heavy atom. The molecule has 74 valence electrons. The molecule has 0 saturated carbocycles. The lowest BCUT2D eigenvalue weighted by atomic mass is 9.91. The molecular formula is C9H15NO3. The van der Waals surface area contributed by atoms with Gasteiger partial charge in [0.1, 0.15) is 6.61 Å². The number of piperidine rings is 1. The van der Waals surface area contributed by atoms with E-state index in [1.807, 2.05) is 0 Å². The second-order valence-electron chi connectivity index (χ2n) is 3.24. The van der Waals surface area contributed by atoms with E-state index in [1.54, 1.807) is 0 Å². The first-order valence-corrected chi connectivity index (χ1v) is 4.52. The molecule has 1 N–H and O–H groups in total. The zero-order valence-corrected chi connectivity index (χ0v) is 7.84. The second kappa shape index (κ2) is 5.09. The van der Waals surface area contributed by atoms with E-state index in [0.29, 0.717) is 0 Å². The molecule has 0 amide bonds. The molecule has 1 fully saturated rings. The number of hydrogen-bond acceptors (Lipinski definition) is 4. The molecule has 0 unspecified atom stereocenters. The maximum atomic E-state index is 11.4. The summed E-state index contributed by atoms with van der Waals surface area (Å²) in [7, 11) is 1.42. The molecule has 1 heterocycles. The van der Waals surface area contributed by atoms with Gasteiger partial charge in [0, 0.05) is 13.0 Å². The summed E-state index contributed by atoms with van der Waals surface area (Å²) in [6, 6.07) is 0. The van der Waals surface area contributed by atoms with Crippen LogP contribution >= 0.6 is 0 Å². The van der Waals surface area contributed by atoms with Crippen LogP contribution < -0.4 is 5.32 Å². The van der Waals surface area contributed by atoms with Crippen molar-refractivity contribution in [3.8, 4) is 0 Å². The Labute approximate surface area is 77.6 Å². The van der Waals surface area contributed by atoms with Crippen LogP contribution in [0.4, 0.5) is 0 Å². The van der Waals surface area contributed by atoms with Crippen molar-refractivity contribution < 1.29 is 14.3 Å². The highest BCUT2D eigenvalue weighted by molar-refractivity contribution is 6.38. The first-order valence-electron chi connectivity index (χ1n) is 4.52. The number of hydrogen-bond donors (Lipinski definition) is 1. The van der Waals surface area contributed by atoms with Gasteiger partial charge in [0.15, 0.2) is 0 Å². The predicted molar refractivity (Wildman–Crippen MR) is 47.5 cm³/mol. The Bertz CT molecular complexity index is 197. The molecule has 0 radical (unpaired) electrons. The molecule has 0 atom stereocenters. The van der Waals surface area contributed by atoms with Crippen LogP contribution in [0.5, 0.6) is 0 Å². The number of methoxy groups -OCH3 is 1. The normalized spacial score (nSPS) is 18.5. The fourth-order valence-electron chi connectivity index (χ4n) is 1.51. The van der Waals surface area contributed by atoms with Gasteiger partial charge >= 0.3 is 0 Å². The Kier molecular flexibility index (Phi) is 4.05. The van der Waals surface area contributed by atoms with Crippen molar-refractivity contribution in [3.63, 3.8) is 0 Å². The zero-order chi connectivity index (χ0) is 9.68. The van der Waals surface area contributed by atoms with E-state index < -0.39 is 5.78 Å². The summed E-state index contributed by atoms with van der Waals surface area (Å²) in [5, 5.41) is 3.15. The molecule has 1 saturated heterocycles. The number of ketones is 2. The van der Waals surface area contributed by atoms with Gasteiger partial charge in [-0.3, -0.25) is 9.59 Å². The summed E-state index contributed by atoms with van der Waals surface area (Å²) >= 11 is 0. The molecule has 1 aliphatic rings. The minimum absolute atomic E-state index is 0.0797. The maximum absolute atomic E-state index is 11.4. The standard InChI is InChI=1S/C9H15NO3/c1-13-6-8(11)9(12)7-2-4-10-5-3-7/h7,10H,2-6H2,1H3. The van der Waals surface area contributed by atoms with Crippen LogP contribution in [0.15, 0.2) is 0 Å². The molecule has 0 aromatic carbocycles. The van der Waals surface area contributed by atoms with E-state index in [9.17, 15) is 9.59 Å². The minimum Gasteiger partial charge on any atom is -0.376 e. The molecule has 0 aromatic rings. The van der Waals surface area contributed by atoms with E-state index >= 15 is 0 Å². The van der Waals surface area contributed by atoms with Crippen molar-refractivity contribution in [1.82, 2.24) is 5.32 Å². The highest BCUT2D eigenvalue weighted by Crippen LogP contribution is 2.12. The molecule has 0 aliphatic carbocycles. The molecule has 0 spiro atoms. The van der Waals surface area contributed by atoms with E-state index in [0.717, 1.165) is 25.9 Å². The van der Waals surface area contributed by atoms with Crippen LogP contribution in [-0.2, 0) is 14.3 Å². The largest absolute Gasteiger partial charge is 0.376 e. The second-order valence-corrected chi connectivity index (χ2v) is 3.24.